The molecule has 0 bridgehead atoms. The highest BCUT2D eigenvalue weighted by Crippen LogP contribution is 2.27. The molecule has 4 rings (SSSR count). The summed E-state index contributed by atoms with van der Waals surface area (Å²) >= 11 is 9.62. The first kappa shape index (κ1) is 30.1. The lowest BCUT2D eigenvalue weighted by molar-refractivity contribution is -0.139. The van der Waals surface area contributed by atoms with Gasteiger partial charge in [0.2, 0.25) is 11.8 Å². The molecule has 0 spiro atoms. The van der Waals surface area contributed by atoms with Crippen molar-refractivity contribution >= 4 is 55.1 Å². The highest BCUT2D eigenvalue weighted by molar-refractivity contribution is 9.10. The smallest absolute Gasteiger partial charge is 0.264 e. The quantitative estimate of drug-likeness (QED) is 0.289. The zero-order valence-corrected chi connectivity index (χ0v) is 25.7. The van der Waals surface area contributed by atoms with Crippen molar-refractivity contribution in [3.63, 3.8) is 0 Å². The Kier molecular flexibility index (Phi) is 9.92. The second-order valence-corrected chi connectivity index (χ2v) is 13.3. The molecule has 7 nitrogen and oxygen atoms in total. The number of hydrogen-bond donors (Lipinski definition) is 1. The van der Waals surface area contributed by atoms with Gasteiger partial charge in [-0.05, 0) is 74.7 Å². The lowest BCUT2D eigenvalue weighted by atomic mass is 10.1. The number of halogens is 2. The first-order chi connectivity index (χ1) is 19.0. The molecule has 0 saturated heterocycles. The van der Waals surface area contributed by atoms with Crippen molar-refractivity contribution in [2.45, 2.75) is 63.1 Å². The van der Waals surface area contributed by atoms with Gasteiger partial charge in [-0.15, -0.1) is 0 Å². The molecule has 3 aromatic rings. The lowest BCUT2D eigenvalue weighted by Gasteiger charge is -2.32. The molecule has 1 N–H and O–H groups in total. The average Bonchev–Trinajstić information content (AvgIpc) is 3.43. The lowest BCUT2D eigenvalue weighted by Crippen LogP contribution is -2.52. The molecule has 3 aromatic carbocycles. The minimum absolute atomic E-state index is 0.0688. The fourth-order valence-corrected chi connectivity index (χ4v) is 6.81. The van der Waals surface area contributed by atoms with Crippen LogP contribution in [-0.4, -0.2) is 43.8 Å². The third kappa shape index (κ3) is 7.44. The van der Waals surface area contributed by atoms with Gasteiger partial charge in [-0.3, -0.25) is 13.9 Å². The van der Waals surface area contributed by atoms with E-state index >= 15 is 0 Å². The van der Waals surface area contributed by atoms with Crippen molar-refractivity contribution < 1.29 is 18.0 Å². The van der Waals surface area contributed by atoms with Gasteiger partial charge >= 0.3 is 0 Å². The van der Waals surface area contributed by atoms with Crippen LogP contribution in [-0.2, 0) is 26.2 Å². The normalized spacial score (nSPS) is 14.5. The number of nitrogens with one attached hydrogen (secondary N) is 1. The van der Waals surface area contributed by atoms with Crippen LogP contribution in [0.3, 0.4) is 0 Å². The summed E-state index contributed by atoms with van der Waals surface area (Å²) < 4.78 is 29.5. The molecule has 2 amide bonds. The van der Waals surface area contributed by atoms with Crippen LogP contribution in [0.4, 0.5) is 5.69 Å². The molecule has 0 aliphatic heterocycles. The summed E-state index contributed by atoms with van der Waals surface area (Å²) in [6.07, 6.45) is 3.93. The van der Waals surface area contributed by atoms with Crippen molar-refractivity contribution in [1.29, 1.82) is 0 Å². The highest BCUT2D eigenvalue weighted by Gasteiger charge is 2.33. The average molecular weight is 647 g/mol. The molecule has 10 heteroatoms. The van der Waals surface area contributed by atoms with E-state index in [0.29, 0.717) is 15.2 Å². The van der Waals surface area contributed by atoms with Crippen molar-refractivity contribution in [2.24, 2.45) is 0 Å². The van der Waals surface area contributed by atoms with Gasteiger partial charge in [-0.1, -0.05) is 76.3 Å². The molecular weight excluding hydrogens is 614 g/mol. The monoisotopic (exact) mass is 645 g/mol. The topological polar surface area (TPSA) is 86.8 Å². The van der Waals surface area contributed by atoms with Crippen LogP contribution in [0, 0.1) is 6.92 Å². The molecule has 0 unspecified atom stereocenters. The molecule has 1 atom stereocenters. The van der Waals surface area contributed by atoms with E-state index in [9.17, 15) is 18.0 Å². The Morgan fingerprint density at radius 2 is 1.70 bits per heavy atom. The van der Waals surface area contributed by atoms with E-state index in [1.807, 2.05) is 13.0 Å². The summed E-state index contributed by atoms with van der Waals surface area (Å²) in [4.78, 5) is 28.8. The maximum atomic E-state index is 14.0. The predicted molar refractivity (Wildman–Crippen MR) is 162 cm³/mol. The van der Waals surface area contributed by atoms with Gasteiger partial charge in [0.1, 0.15) is 12.6 Å². The van der Waals surface area contributed by atoms with Crippen molar-refractivity contribution in [3.05, 3.63) is 93.4 Å². The van der Waals surface area contributed by atoms with E-state index in [1.54, 1.807) is 61.5 Å². The summed E-state index contributed by atoms with van der Waals surface area (Å²) in [5.74, 6) is -0.776. The van der Waals surface area contributed by atoms with Gasteiger partial charge in [0.25, 0.3) is 10.0 Å². The van der Waals surface area contributed by atoms with Crippen LogP contribution in [0.2, 0.25) is 5.02 Å². The molecular formula is C30H33BrClN3O4S. The van der Waals surface area contributed by atoms with E-state index in [2.05, 4.69) is 21.2 Å². The van der Waals surface area contributed by atoms with Gasteiger partial charge in [-0.25, -0.2) is 8.42 Å². The number of carbonyl (C=O) groups excluding carboxylic acids is 2. The van der Waals surface area contributed by atoms with Crippen LogP contribution in [0.25, 0.3) is 0 Å². The molecule has 0 aromatic heterocycles. The van der Waals surface area contributed by atoms with E-state index in [1.165, 1.54) is 17.0 Å². The highest BCUT2D eigenvalue weighted by atomic mass is 79.9. The van der Waals surface area contributed by atoms with E-state index in [4.69, 9.17) is 11.6 Å². The number of sulfonamides is 1. The molecule has 40 heavy (non-hydrogen) atoms. The predicted octanol–water partition coefficient (Wildman–Crippen LogP) is 6.08. The number of carbonyl (C=O) groups is 2. The Balaban J connectivity index is 1.69. The number of hydrogen-bond acceptors (Lipinski definition) is 4. The molecule has 0 heterocycles. The van der Waals surface area contributed by atoms with E-state index in [-0.39, 0.29) is 23.4 Å². The minimum Gasteiger partial charge on any atom is -0.352 e. The van der Waals surface area contributed by atoms with E-state index < -0.39 is 28.5 Å². The standard InChI is InChI=1S/C30H33BrClN3O4S/c1-21-13-15-28(16-14-21)40(38,39)35(27-12-6-8-24(31)18-27)20-29(36)34(19-23-7-5-9-25(32)17-23)22(2)30(37)33-26-10-3-4-11-26/h5-9,12-18,22,26H,3-4,10-11,19-20H2,1-2H3,(H,33,37)/t22-/m1/s1. The number of amides is 2. The third-order valence-electron chi connectivity index (χ3n) is 7.09. The second-order valence-electron chi connectivity index (χ2n) is 10.1. The SMILES string of the molecule is Cc1ccc(S(=O)(=O)N(CC(=O)N(Cc2cccc(Cl)c2)[C@H](C)C(=O)NC2CCCC2)c2cccc(Br)c2)cc1. The first-order valence-corrected chi connectivity index (χ1v) is 15.8. The Morgan fingerprint density at radius 3 is 2.35 bits per heavy atom. The van der Waals surface area contributed by atoms with Gasteiger partial charge < -0.3 is 10.2 Å². The minimum atomic E-state index is -4.12. The molecule has 1 saturated carbocycles. The summed E-state index contributed by atoms with van der Waals surface area (Å²) in [5.41, 5.74) is 1.98. The summed E-state index contributed by atoms with van der Waals surface area (Å²) in [6, 6.07) is 19.6. The molecule has 1 aliphatic carbocycles. The summed E-state index contributed by atoms with van der Waals surface area (Å²) in [5, 5.41) is 3.57. The number of benzene rings is 3. The van der Waals surface area contributed by atoms with E-state index in [0.717, 1.165) is 41.1 Å². The zero-order chi connectivity index (χ0) is 28.9. The van der Waals surface area contributed by atoms with Crippen LogP contribution < -0.4 is 9.62 Å². The maximum absolute atomic E-state index is 14.0. The molecule has 0 radical (unpaired) electrons. The maximum Gasteiger partial charge on any atom is 0.264 e. The number of nitrogens with zero attached hydrogens (tertiary/aromatic N) is 2. The van der Waals surface area contributed by atoms with Gasteiger partial charge in [0.15, 0.2) is 0 Å². The van der Waals surface area contributed by atoms with Crippen LogP contribution >= 0.6 is 27.5 Å². The summed E-state index contributed by atoms with van der Waals surface area (Å²) in [6.45, 7) is 3.15. The number of anilines is 1. The Labute approximate surface area is 249 Å². The van der Waals surface area contributed by atoms with Crippen LogP contribution in [0.15, 0.2) is 82.2 Å². The van der Waals surface area contributed by atoms with Gasteiger partial charge in [-0.2, -0.15) is 0 Å². The van der Waals surface area contributed by atoms with Crippen molar-refractivity contribution in [1.82, 2.24) is 10.2 Å². The Bertz CT molecular complexity index is 1460. The van der Waals surface area contributed by atoms with Crippen molar-refractivity contribution in [2.75, 3.05) is 10.8 Å². The Morgan fingerprint density at radius 1 is 1.02 bits per heavy atom. The zero-order valence-electron chi connectivity index (χ0n) is 22.5. The van der Waals surface area contributed by atoms with Crippen LogP contribution in [0.1, 0.15) is 43.7 Å². The Hall–Kier alpha value is -2.88. The second kappa shape index (κ2) is 13.2. The van der Waals surface area contributed by atoms with Gasteiger partial charge in [0.05, 0.1) is 10.6 Å². The number of aryl methyl sites for hydroxylation is 1. The van der Waals surface area contributed by atoms with Gasteiger partial charge in [0, 0.05) is 22.1 Å². The summed E-state index contributed by atoms with van der Waals surface area (Å²) in [7, 11) is -4.12. The molecule has 212 valence electrons. The molecule has 1 fully saturated rings. The largest absolute Gasteiger partial charge is 0.352 e. The number of rotatable bonds is 10. The third-order valence-corrected chi connectivity index (χ3v) is 9.61. The van der Waals surface area contributed by atoms with Crippen LogP contribution in [0.5, 0.6) is 0 Å². The van der Waals surface area contributed by atoms with Crippen molar-refractivity contribution in [3.8, 4) is 0 Å². The molecule has 1 aliphatic rings. The first-order valence-electron chi connectivity index (χ1n) is 13.2. The fourth-order valence-electron chi connectivity index (χ4n) is 4.80. The fraction of sp³-hybridized carbons (Fsp3) is 0.333.